The SMILES string of the molecule is CC1Oc2c(C(=O)Nn3cnc4scc(-c5ccccc5)c4c3=O)cccc2C1C. The minimum atomic E-state index is -0.409. The van der Waals surface area contributed by atoms with Gasteiger partial charge in [0.15, 0.2) is 0 Å². The van der Waals surface area contributed by atoms with Gasteiger partial charge in [0, 0.05) is 22.4 Å². The smallest absolute Gasteiger partial charge is 0.281 e. The molecule has 30 heavy (non-hydrogen) atoms. The van der Waals surface area contributed by atoms with Crippen LogP contribution in [0.15, 0.2) is 65.0 Å². The van der Waals surface area contributed by atoms with Crippen molar-refractivity contribution in [1.29, 1.82) is 0 Å². The van der Waals surface area contributed by atoms with Crippen molar-refractivity contribution in [2.45, 2.75) is 25.9 Å². The third kappa shape index (κ3) is 2.90. The highest BCUT2D eigenvalue weighted by atomic mass is 32.1. The fraction of sp³-hybridized carbons (Fsp3) is 0.174. The molecule has 1 amide bonds. The van der Waals surface area contributed by atoms with Crippen LogP contribution >= 0.6 is 11.3 Å². The summed E-state index contributed by atoms with van der Waals surface area (Å²) in [5, 5.41) is 2.41. The summed E-state index contributed by atoms with van der Waals surface area (Å²) in [5.74, 6) is 0.373. The Kier molecular flexibility index (Phi) is 4.40. The first-order valence-corrected chi connectivity index (χ1v) is 10.6. The molecule has 2 aromatic heterocycles. The fourth-order valence-corrected chi connectivity index (χ4v) is 4.68. The van der Waals surface area contributed by atoms with Crippen LogP contribution in [-0.2, 0) is 0 Å². The lowest BCUT2D eigenvalue weighted by Crippen LogP contribution is -2.33. The number of nitrogens with one attached hydrogen (secondary N) is 1. The van der Waals surface area contributed by atoms with Gasteiger partial charge in [0.05, 0.1) is 10.9 Å². The lowest BCUT2D eigenvalue weighted by atomic mass is 9.97. The molecule has 1 aliphatic rings. The van der Waals surface area contributed by atoms with Gasteiger partial charge in [-0.05, 0) is 18.6 Å². The van der Waals surface area contributed by atoms with Gasteiger partial charge in [0.25, 0.3) is 11.5 Å². The number of carbonyl (C=O) groups is 1. The van der Waals surface area contributed by atoms with Crippen molar-refractivity contribution >= 4 is 27.5 Å². The first kappa shape index (κ1) is 18.6. The maximum absolute atomic E-state index is 13.2. The summed E-state index contributed by atoms with van der Waals surface area (Å²) >= 11 is 1.41. The molecule has 7 heteroatoms. The summed E-state index contributed by atoms with van der Waals surface area (Å²) in [4.78, 5) is 31.2. The largest absolute Gasteiger partial charge is 0.489 e. The first-order chi connectivity index (χ1) is 14.5. The van der Waals surface area contributed by atoms with Crippen LogP contribution in [0.3, 0.4) is 0 Å². The van der Waals surface area contributed by atoms with E-state index in [1.165, 1.54) is 17.7 Å². The molecule has 0 radical (unpaired) electrons. The minimum Gasteiger partial charge on any atom is -0.489 e. The molecule has 3 heterocycles. The summed E-state index contributed by atoms with van der Waals surface area (Å²) in [6.07, 6.45) is 1.34. The quantitative estimate of drug-likeness (QED) is 0.536. The number of amides is 1. The molecule has 0 bridgehead atoms. The summed E-state index contributed by atoms with van der Waals surface area (Å²) in [6.45, 7) is 4.05. The molecule has 2 atom stereocenters. The third-order valence-corrected chi connectivity index (χ3v) is 6.48. The second-order valence-corrected chi connectivity index (χ2v) is 8.25. The van der Waals surface area contributed by atoms with Crippen molar-refractivity contribution in [3.63, 3.8) is 0 Å². The Balaban J connectivity index is 1.54. The van der Waals surface area contributed by atoms with Crippen LogP contribution in [-0.4, -0.2) is 21.7 Å². The van der Waals surface area contributed by atoms with Gasteiger partial charge in [0.2, 0.25) is 0 Å². The van der Waals surface area contributed by atoms with Crippen LogP contribution in [0.1, 0.15) is 35.7 Å². The highest BCUT2D eigenvalue weighted by Crippen LogP contribution is 2.40. The van der Waals surface area contributed by atoms with Gasteiger partial charge < -0.3 is 4.74 Å². The molecule has 150 valence electrons. The number of rotatable bonds is 3. The molecule has 5 rings (SSSR count). The molecular formula is C23H19N3O3S. The number of hydrogen-bond donors (Lipinski definition) is 1. The average Bonchev–Trinajstić information content (AvgIpc) is 3.32. The summed E-state index contributed by atoms with van der Waals surface area (Å²) in [7, 11) is 0. The standard InChI is InChI=1S/C23H19N3O3S/c1-13-14(2)29-20-16(13)9-6-10-17(20)21(27)25-26-12-24-22-19(23(26)28)18(11-30-22)15-7-4-3-5-8-15/h3-14H,1-2H3,(H,25,27). The molecule has 6 nitrogen and oxygen atoms in total. The summed E-state index contributed by atoms with van der Waals surface area (Å²) < 4.78 is 7.06. The van der Waals surface area contributed by atoms with E-state index in [0.29, 0.717) is 21.5 Å². The number of ether oxygens (including phenoxy) is 1. The van der Waals surface area contributed by atoms with E-state index < -0.39 is 5.91 Å². The lowest BCUT2D eigenvalue weighted by molar-refractivity contribution is 0.100. The number of aromatic nitrogens is 2. The highest BCUT2D eigenvalue weighted by molar-refractivity contribution is 7.17. The predicted octanol–water partition coefficient (Wildman–Crippen LogP) is 4.39. The van der Waals surface area contributed by atoms with Crippen molar-refractivity contribution in [3.8, 4) is 16.9 Å². The van der Waals surface area contributed by atoms with E-state index in [-0.39, 0.29) is 17.6 Å². The van der Waals surface area contributed by atoms with E-state index >= 15 is 0 Å². The predicted molar refractivity (Wildman–Crippen MR) is 118 cm³/mol. The molecule has 2 aromatic carbocycles. The number of hydrogen-bond acceptors (Lipinski definition) is 5. The Bertz CT molecular complexity index is 1330. The lowest BCUT2D eigenvalue weighted by Gasteiger charge is -2.11. The van der Waals surface area contributed by atoms with Gasteiger partial charge in [-0.3, -0.25) is 15.0 Å². The first-order valence-electron chi connectivity index (χ1n) is 9.70. The molecule has 0 fully saturated rings. The average molecular weight is 417 g/mol. The Hall–Kier alpha value is -3.45. The maximum atomic E-state index is 13.2. The van der Waals surface area contributed by atoms with E-state index in [2.05, 4.69) is 17.3 Å². The molecule has 2 unspecified atom stereocenters. The van der Waals surface area contributed by atoms with Crippen molar-refractivity contribution in [3.05, 3.63) is 81.7 Å². The van der Waals surface area contributed by atoms with Crippen LogP contribution in [0.2, 0.25) is 0 Å². The Labute approximate surface area is 176 Å². The Morgan fingerprint density at radius 1 is 1.13 bits per heavy atom. The zero-order valence-electron chi connectivity index (χ0n) is 16.5. The highest BCUT2D eigenvalue weighted by Gasteiger charge is 2.31. The van der Waals surface area contributed by atoms with Gasteiger partial charge in [-0.2, -0.15) is 0 Å². The van der Waals surface area contributed by atoms with Crippen LogP contribution in [0, 0.1) is 0 Å². The molecule has 0 aliphatic carbocycles. The number of nitrogens with zero attached hydrogens (tertiary/aromatic N) is 2. The number of carbonyl (C=O) groups excluding carboxylic acids is 1. The van der Waals surface area contributed by atoms with Crippen LogP contribution in [0.4, 0.5) is 0 Å². The third-order valence-electron chi connectivity index (χ3n) is 5.59. The molecule has 4 aromatic rings. The summed E-state index contributed by atoms with van der Waals surface area (Å²) in [6, 6.07) is 15.2. The van der Waals surface area contributed by atoms with Crippen molar-refractivity contribution in [2.75, 3.05) is 5.43 Å². The molecule has 1 aliphatic heterocycles. The van der Waals surface area contributed by atoms with E-state index in [9.17, 15) is 9.59 Å². The van der Waals surface area contributed by atoms with E-state index in [4.69, 9.17) is 4.74 Å². The molecule has 0 spiro atoms. The van der Waals surface area contributed by atoms with Crippen molar-refractivity contribution < 1.29 is 9.53 Å². The number of fused-ring (bicyclic) bond motifs is 2. The van der Waals surface area contributed by atoms with E-state index in [1.54, 1.807) is 6.07 Å². The van der Waals surface area contributed by atoms with Gasteiger partial charge in [-0.1, -0.05) is 49.4 Å². The zero-order valence-corrected chi connectivity index (χ0v) is 17.3. The summed E-state index contributed by atoms with van der Waals surface area (Å²) in [5.41, 5.74) is 5.51. The van der Waals surface area contributed by atoms with Gasteiger partial charge >= 0.3 is 0 Å². The normalized spacial score (nSPS) is 17.5. The second kappa shape index (κ2) is 7.11. The molecule has 0 saturated heterocycles. The van der Waals surface area contributed by atoms with Gasteiger partial charge in [-0.15, -0.1) is 11.3 Å². The van der Waals surface area contributed by atoms with E-state index in [1.807, 2.05) is 54.8 Å². The number of benzene rings is 2. The van der Waals surface area contributed by atoms with Crippen molar-refractivity contribution in [1.82, 2.24) is 9.66 Å². The fourth-order valence-electron chi connectivity index (χ4n) is 3.78. The van der Waals surface area contributed by atoms with Gasteiger partial charge in [-0.25, -0.2) is 9.66 Å². The zero-order chi connectivity index (χ0) is 20.8. The maximum Gasteiger partial charge on any atom is 0.281 e. The Morgan fingerprint density at radius 3 is 2.73 bits per heavy atom. The van der Waals surface area contributed by atoms with E-state index in [0.717, 1.165) is 21.4 Å². The monoisotopic (exact) mass is 417 g/mol. The minimum absolute atomic E-state index is 0.00562. The van der Waals surface area contributed by atoms with Crippen LogP contribution < -0.4 is 15.7 Å². The molecule has 1 N–H and O–H groups in total. The molecular weight excluding hydrogens is 398 g/mol. The van der Waals surface area contributed by atoms with Crippen molar-refractivity contribution in [2.24, 2.45) is 0 Å². The number of para-hydroxylation sites is 1. The van der Waals surface area contributed by atoms with Crippen LogP contribution in [0.5, 0.6) is 5.75 Å². The van der Waals surface area contributed by atoms with Crippen LogP contribution in [0.25, 0.3) is 21.3 Å². The van der Waals surface area contributed by atoms with Gasteiger partial charge in [0.1, 0.15) is 23.0 Å². The Morgan fingerprint density at radius 2 is 1.93 bits per heavy atom. The second-order valence-electron chi connectivity index (χ2n) is 7.39. The topological polar surface area (TPSA) is 73.2 Å². The number of thiophene rings is 1. The molecule has 0 saturated carbocycles.